The van der Waals surface area contributed by atoms with Crippen molar-refractivity contribution in [1.82, 2.24) is 4.98 Å². The normalized spacial score (nSPS) is 9.89. The van der Waals surface area contributed by atoms with Crippen molar-refractivity contribution in [3.05, 3.63) is 53.2 Å². The van der Waals surface area contributed by atoms with Crippen molar-refractivity contribution in [2.45, 2.75) is 0 Å². The summed E-state index contributed by atoms with van der Waals surface area (Å²) in [5.74, 6) is 0.378. The fraction of sp³-hybridized carbons (Fsp3) is 0.0769. The van der Waals surface area contributed by atoms with Crippen LogP contribution in [0, 0.1) is 0 Å². The second-order valence-electron chi connectivity index (χ2n) is 3.62. The second-order valence-corrected chi connectivity index (χ2v) is 4.06. The molecule has 1 aromatic heterocycles. The summed E-state index contributed by atoms with van der Waals surface area (Å²) in [5, 5.41) is 6.19. The van der Waals surface area contributed by atoms with E-state index < -0.39 is 0 Å². The first-order chi connectivity index (χ1) is 8.69. The molecule has 0 atom stereocenters. The predicted octanol–water partition coefficient (Wildman–Crippen LogP) is 3.03. The highest BCUT2D eigenvalue weighted by atomic mass is 35.5. The van der Waals surface area contributed by atoms with Gasteiger partial charge in [0.25, 0.3) is 5.91 Å². The highest BCUT2D eigenvalue weighted by molar-refractivity contribution is 6.30. The van der Waals surface area contributed by atoms with Crippen LogP contribution in [0.25, 0.3) is 0 Å². The molecule has 0 aliphatic heterocycles. The smallest absolute Gasteiger partial charge is 0.274 e. The second kappa shape index (κ2) is 5.51. The van der Waals surface area contributed by atoms with Gasteiger partial charge < -0.3 is 10.6 Å². The van der Waals surface area contributed by atoms with Crippen molar-refractivity contribution in [3.8, 4) is 0 Å². The fourth-order valence-electron chi connectivity index (χ4n) is 1.46. The van der Waals surface area contributed by atoms with E-state index in [0.29, 0.717) is 22.2 Å². The van der Waals surface area contributed by atoms with Gasteiger partial charge in [-0.1, -0.05) is 23.7 Å². The highest BCUT2D eigenvalue weighted by Gasteiger charge is 2.08. The number of nitrogens with one attached hydrogen (secondary N) is 2. The Labute approximate surface area is 110 Å². The van der Waals surface area contributed by atoms with Gasteiger partial charge >= 0.3 is 0 Å². The van der Waals surface area contributed by atoms with Crippen molar-refractivity contribution in [2.24, 2.45) is 0 Å². The summed E-state index contributed by atoms with van der Waals surface area (Å²) in [4.78, 5) is 16.1. The van der Waals surface area contributed by atoms with Gasteiger partial charge in [0.15, 0.2) is 0 Å². The van der Waals surface area contributed by atoms with Gasteiger partial charge in [0.2, 0.25) is 0 Å². The standard InChI is InChI=1S/C13H12ClN3O/c1-15-12-7-3-6-11(17-12)13(18)16-10-5-2-4-9(14)8-10/h2-8H,1H3,(H,15,17)(H,16,18). The molecule has 0 unspecified atom stereocenters. The molecular formula is C13H12ClN3O. The first-order valence-corrected chi connectivity index (χ1v) is 5.78. The average Bonchev–Trinajstić information content (AvgIpc) is 2.39. The number of halogens is 1. The number of hydrogen-bond acceptors (Lipinski definition) is 3. The zero-order valence-corrected chi connectivity index (χ0v) is 10.5. The van der Waals surface area contributed by atoms with Crippen LogP contribution < -0.4 is 10.6 Å². The molecule has 5 heteroatoms. The quantitative estimate of drug-likeness (QED) is 0.893. The molecule has 4 nitrogen and oxygen atoms in total. The Bertz CT molecular complexity index is 572. The van der Waals surface area contributed by atoms with Crippen molar-refractivity contribution >= 4 is 29.0 Å². The molecule has 0 radical (unpaired) electrons. The number of anilines is 2. The number of amides is 1. The van der Waals surface area contributed by atoms with Crippen LogP contribution in [-0.2, 0) is 0 Å². The topological polar surface area (TPSA) is 54.0 Å². The Kier molecular flexibility index (Phi) is 3.79. The lowest BCUT2D eigenvalue weighted by Gasteiger charge is -2.06. The van der Waals surface area contributed by atoms with Gasteiger partial charge in [-0.25, -0.2) is 4.98 Å². The molecule has 0 aliphatic rings. The summed E-state index contributed by atoms with van der Waals surface area (Å²) < 4.78 is 0. The third-order valence-corrected chi connectivity index (χ3v) is 2.56. The van der Waals surface area contributed by atoms with Crippen molar-refractivity contribution in [1.29, 1.82) is 0 Å². The van der Waals surface area contributed by atoms with Crippen molar-refractivity contribution < 1.29 is 4.79 Å². The van der Waals surface area contributed by atoms with E-state index in [-0.39, 0.29) is 5.91 Å². The Morgan fingerprint density at radius 2 is 2.00 bits per heavy atom. The predicted molar refractivity (Wildman–Crippen MR) is 73.2 cm³/mol. The van der Waals surface area contributed by atoms with E-state index in [0.717, 1.165) is 0 Å². The lowest BCUT2D eigenvalue weighted by molar-refractivity contribution is 0.102. The van der Waals surface area contributed by atoms with E-state index in [9.17, 15) is 4.79 Å². The molecule has 2 aromatic rings. The molecule has 0 fully saturated rings. The Morgan fingerprint density at radius 1 is 1.22 bits per heavy atom. The third kappa shape index (κ3) is 2.99. The fourth-order valence-corrected chi connectivity index (χ4v) is 1.65. The number of benzene rings is 1. The van der Waals surface area contributed by atoms with Crippen LogP contribution in [0.15, 0.2) is 42.5 Å². The lowest BCUT2D eigenvalue weighted by Crippen LogP contribution is -2.14. The molecule has 1 heterocycles. The minimum Gasteiger partial charge on any atom is -0.373 e. The van der Waals surface area contributed by atoms with Gasteiger partial charge in [0.1, 0.15) is 11.5 Å². The number of hydrogen-bond donors (Lipinski definition) is 2. The van der Waals surface area contributed by atoms with Crippen LogP contribution in [-0.4, -0.2) is 17.9 Å². The summed E-state index contributed by atoms with van der Waals surface area (Å²) in [6, 6.07) is 12.2. The summed E-state index contributed by atoms with van der Waals surface area (Å²) in [6.07, 6.45) is 0. The number of pyridine rings is 1. The van der Waals surface area contributed by atoms with Gasteiger partial charge in [0, 0.05) is 17.8 Å². The van der Waals surface area contributed by atoms with Crippen molar-refractivity contribution in [3.63, 3.8) is 0 Å². The Hall–Kier alpha value is -2.07. The minimum atomic E-state index is -0.269. The number of carbonyl (C=O) groups excluding carboxylic acids is 1. The van der Waals surface area contributed by atoms with E-state index in [1.807, 2.05) is 0 Å². The summed E-state index contributed by atoms with van der Waals surface area (Å²) >= 11 is 5.85. The number of aromatic nitrogens is 1. The zero-order chi connectivity index (χ0) is 13.0. The summed E-state index contributed by atoms with van der Waals surface area (Å²) in [5.41, 5.74) is 0.992. The maximum Gasteiger partial charge on any atom is 0.274 e. The van der Waals surface area contributed by atoms with E-state index in [1.165, 1.54) is 0 Å². The first-order valence-electron chi connectivity index (χ1n) is 5.41. The van der Waals surface area contributed by atoms with Crippen LogP contribution in [0.3, 0.4) is 0 Å². The molecule has 0 bridgehead atoms. The number of nitrogens with zero attached hydrogens (tertiary/aromatic N) is 1. The molecule has 1 amide bonds. The lowest BCUT2D eigenvalue weighted by atomic mass is 10.3. The first kappa shape index (κ1) is 12.4. The van der Waals surface area contributed by atoms with Crippen LogP contribution in [0.5, 0.6) is 0 Å². The van der Waals surface area contributed by atoms with Gasteiger partial charge in [-0.2, -0.15) is 0 Å². The maximum atomic E-state index is 11.9. The summed E-state index contributed by atoms with van der Waals surface area (Å²) in [6.45, 7) is 0. The van der Waals surface area contributed by atoms with E-state index in [2.05, 4.69) is 15.6 Å². The molecule has 1 aromatic carbocycles. The SMILES string of the molecule is CNc1cccc(C(=O)Nc2cccc(Cl)c2)n1. The molecule has 0 saturated carbocycles. The average molecular weight is 262 g/mol. The van der Waals surface area contributed by atoms with E-state index in [1.54, 1.807) is 49.5 Å². The van der Waals surface area contributed by atoms with Gasteiger partial charge in [-0.15, -0.1) is 0 Å². The van der Waals surface area contributed by atoms with Crippen LogP contribution in [0.2, 0.25) is 5.02 Å². The van der Waals surface area contributed by atoms with Gasteiger partial charge in [-0.3, -0.25) is 4.79 Å². The number of rotatable bonds is 3. The van der Waals surface area contributed by atoms with E-state index >= 15 is 0 Å². The molecule has 0 saturated heterocycles. The molecule has 92 valence electrons. The Morgan fingerprint density at radius 3 is 2.72 bits per heavy atom. The third-order valence-electron chi connectivity index (χ3n) is 2.32. The molecule has 0 spiro atoms. The molecule has 2 rings (SSSR count). The highest BCUT2D eigenvalue weighted by Crippen LogP contribution is 2.15. The van der Waals surface area contributed by atoms with Gasteiger partial charge in [-0.05, 0) is 30.3 Å². The van der Waals surface area contributed by atoms with Crippen LogP contribution in [0.4, 0.5) is 11.5 Å². The molecule has 0 aliphatic carbocycles. The van der Waals surface area contributed by atoms with E-state index in [4.69, 9.17) is 11.6 Å². The molecule has 2 N–H and O–H groups in total. The maximum absolute atomic E-state index is 11.9. The molecular weight excluding hydrogens is 250 g/mol. The van der Waals surface area contributed by atoms with Gasteiger partial charge in [0.05, 0.1) is 0 Å². The van der Waals surface area contributed by atoms with Crippen LogP contribution >= 0.6 is 11.6 Å². The summed E-state index contributed by atoms with van der Waals surface area (Å²) in [7, 11) is 1.75. The number of carbonyl (C=O) groups is 1. The zero-order valence-electron chi connectivity index (χ0n) is 9.77. The van der Waals surface area contributed by atoms with Crippen molar-refractivity contribution in [2.75, 3.05) is 17.7 Å². The minimum absolute atomic E-state index is 0.269. The van der Waals surface area contributed by atoms with Crippen LogP contribution in [0.1, 0.15) is 10.5 Å². The Balaban J connectivity index is 2.16. The molecule has 18 heavy (non-hydrogen) atoms. The largest absolute Gasteiger partial charge is 0.373 e. The monoisotopic (exact) mass is 261 g/mol.